The Kier molecular flexibility index (Phi) is 4.53. The molecule has 21 heavy (non-hydrogen) atoms. The van der Waals surface area contributed by atoms with Crippen LogP contribution in [0.5, 0.6) is 0 Å². The van der Waals surface area contributed by atoms with Crippen molar-refractivity contribution < 1.29 is 5.11 Å². The average Bonchev–Trinajstić information content (AvgIpc) is 2.50. The quantitative estimate of drug-likeness (QED) is 0.707. The summed E-state index contributed by atoms with van der Waals surface area (Å²) in [7, 11) is 0. The molecule has 110 valence electrons. The number of fused-ring (bicyclic) bond motifs is 1. The van der Waals surface area contributed by atoms with Crippen molar-refractivity contribution in [2.24, 2.45) is 5.92 Å². The molecule has 1 aliphatic rings. The van der Waals surface area contributed by atoms with Gasteiger partial charge in [-0.2, -0.15) is 0 Å². The summed E-state index contributed by atoms with van der Waals surface area (Å²) in [6, 6.07) is 12.7. The maximum Gasteiger partial charge on any atom is 0.0832 e. The SMILES string of the molecule is Cc1cc(Br)c(C(O)C2CCc3ccccc3C2)cc1Br. The Hall–Kier alpha value is -0.640. The Morgan fingerprint density at radius 1 is 1.10 bits per heavy atom. The summed E-state index contributed by atoms with van der Waals surface area (Å²) in [4.78, 5) is 0. The van der Waals surface area contributed by atoms with Gasteiger partial charge in [0.1, 0.15) is 0 Å². The maximum absolute atomic E-state index is 10.8. The maximum atomic E-state index is 10.8. The van der Waals surface area contributed by atoms with Crippen LogP contribution in [0.3, 0.4) is 0 Å². The highest BCUT2D eigenvalue weighted by molar-refractivity contribution is 9.11. The van der Waals surface area contributed by atoms with Crippen molar-refractivity contribution in [3.63, 3.8) is 0 Å². The largest absolute Gasteiger partial charge is 0.388 e. The lowest BCUT2D eigenvalue weighted by Crippen LogP contribution is -2.21. The summed E-state index contributed by atoms with van der Waals surface area (Å²) in [6.07, 6.45) is 2.62. The van der Waals surface area contributed by atoms with Crippen LogP contribution in [0.15, 0.2) is 45.3 Å². The van der Waals surface area contributed by atoms with E-state index in [4.69, 9.17) is 0 Å². The molecule has 1 nitrogen and oxygen atoms in total. The molecule has 0 radical (unpaired) electrons. The third kappa shape index (κ3) is 3.10. The fourth-order valence-electron chi connectivity index (χ4n) is 3.14. The van der Waals surface area contributed by atoms with E-state index < -0.39 is 6.10 Å². The first-order chi connectivity index (χ1) is 10.1. The standard InChI is InChI=1S/C18H18Br2O/c1-11-8-17(20)15(10-16(11)19)18(21)14-7-6-12-4-2-3-5-13(12)9-14/h2-5,8,10,14,18,21H,6-7,9H2,1H3. The number of hydrogen-bond donors (Lipinski definition) is 1. The zero-order chi connectivity index (χ0) is 15.0. The predicted molar refractivity (Wildman–Crippen MR) is 93.5 cm³/mol. The molecule has 2 aromatic rings. The van der Waals surface area contributed by atoms with Crippen molar-refractivity contribution in [2.45, 2.75) is 32.3 Å². The third-order valence-electron chi connectivity index (χ3n) is 4.43. The lowest BCUT2D eigenvalue weighted by Gasteiger charge is -2.29. The van der Waals surface area contributed by atoms with Gasteiger partial charge < -0.3 is 5.11 Å². The topological polar surface area (TPSA) is 20.2 Å². The minimum atomic E-state index is -0.426. The molecule has 0 aliphatic heterocycles. The second kappa shape index (κ2) is 6.23. The Labute approximate surface area is 142 Å². The van der Waals surface area contributed by atoms with Gasteiger partial charge in [0.25, 0.3) is 0 Å². The van der Waals surface area contributed by atoms with E-state index in [0.29, 0.717) is 0 Å². The van der Waals surface area contributed by atoms with Gasteiger partial charge in [0.05, 0.1) is 6.10 Å². The molecule has 0 spiro atoms. The van der Waals surface area contributed by atoms with Crippen LogP contribution >= 0.6 is 31.9 Å². The van der Waals surface area contributed by atoms with E-state index in [1.165, 1.54) is 16.7 Å². The Balaban J connectivity index is 1.87. The minimum Gasteiger partial charge on any atom is -0.388 e. The first kappa shape index (κ1) is 15.3. The average molecular weight is 410 g/mol. The predicted octanol–water partition coefficient (Wildman–Crippen LogP) is 5.36. The van der Waals surface area contributed by atoms with Gasteiger partial charge in [0, 0.05) is 8.95 Å². The lowest BCUT2D eigenvalue weighted by molar-refractivity contribution is 0.0988. The van der Waals surface area contributed by atoms with Crippen molar-refractivity contribution in [3.8, 4) is 0 Å². The molecule has 1 aliphatic carbocycles. The number of aryl methyl sites for hydroxylation is 2. The summed E-state index contributed by atoms with van der Waals surface area (Å²) in [5.74, 6) is 0.283. The fraction of sp³-hybridized carbons (Fsp3) is 0.333. The molecule has 0 aromatic heterocycles. The Morgan fingerprint density at radius 2 is 1.81 bits per heavy atom. The number of aliphatic hydroxyl groups is 1. The summed E-state index contributed by atoms with van der Waals surface area (Å²) in [5, 5.41) is 10.8. The van der Waals surface area contributed by atoms with E-state index in [-0.39, 0.29) is 5.92 Å². The minimum absolute atomic E-state index is 0.283. The number of benzene rings is 2. The van der Waals surface area contributed by atoms with Gasteiger partial charge >= 0.3 is 0 Å². The van der Waals surface area contributed by atoms with E-state index in [1.807, 2.05) is 6.07 Å². The molecule has 3 heteroatoms. The normalized spacial score (nSPS) is 19.1. The van der Waals surface area contributed by atoms with Crippen LogP contribution in [-0.4, -0.2) is 5.11 Å². The summed E-state index contributed by atoms with van der Waals surface area (Å²) in [6.45, 7) is 2.06. The lowest BCUT2D eigenvalue weighted by atomic mass is 9.79. The van der Waals surface area contributed by atoms with Gasteiger partial charge in [-0.15, -0.1) is 0 Å². The van der Waals surface area contributed by atoms with E-state index >= 15 is 0 Å². The van der Waals surface area contributed by atoms with Crippen LogP contribution in [0.1, 0.15) is 34.8 Å². The fourth-order valence-corrected chi connectivity index (χ4v) is 4.19. The van der Waals surface area contributed by atoms with Gasteiger partial charge in [0.15, 0.2) is 0 Å². The highest BCUT2D eigenvalue weighted by Crippen LogP contribution is 2.38. The molecular formula is C18H18Br2O. The van der Waals surface area contributed by atoms with Gasteiger partial charge in [-0.3, -0.25) is 0 Å². The Bertz CT molecular complexity index is 666. The molecular weight excluding hydrogens is 392 g/mol. The van der Waals surface area contributed by atoms with Crippen LogP contribution < -0.4 is 0 Å². The van der Waals surface area contributed by atoms with E-state index in [1.54, 1.807) is 0 Å². The van der Waals surface area contributed by atoms with Crippen molar-refractivity contribution in [3.05, 3.63) is 67.6 Å². The van der Waals surface area contributed by atoms with Gasteiger partial charge in [0.2, 0.25) is 0 Å². The summed E-state index contributed by atoms with van der Waals surface area (Å²) >= 11 is 7.17. The number of aliphatic hydroxyl groups excluding tert-OH is 1. The molecule has 2 aromatic carbocycles. The van der Waals surface area contributed by atoms with Crippen LogP contribution in [0, 0.1) is 12.8 Å². The van der Waals surface area contributed by atoms with Crippen molar-refractivity contribution in [2.75, 3.05) is 0 Å². The smallest absolute Gasteiger partial charge is 0.0832 e. The molecule has 0 amide bonds. The third-order valence-corrected chi connectivity index (χ3v) is 5.97. The van der Waals surface area contributed by atoms with Crippen molar-refractivity contribution in [1.29, 1.82) is 0 Å². The summed E-state index contributed by atoms with van der Waals surface area (Å²) < 4.78 is 2.05. The number of rotatable bonds is 2. The van der Waals surface area contributed by atoms with Crippen LogP contribution in [0.2, 0.25) is 0 Å². The van der Waals surface area contributed by atoms with E-state index in [9.17, 15) is 5.11 Å². The number of hydrogen-bond acceptors (Lipinski definition) is 1. The molecule has 1 N–H and O–H groups in total. The zero-order valence-electron chi connectivity index (χ0n) is 11.9. The van der Waals surface area contributed by atoms with E-state index in [2.05, 4.69) is 69.1 Å². The molecule has 0 bridgehead atoms. The number of halogens is 2. The highest BCUT2D eigenvalue weighted by atomic mass is 79.9. The molecule has 0 saturated heterocycles. The molecule has 0 fully saturated rings. The second-order valence-electron chi connectivity index (χ2n) is 5.84. The molecule has 3 rings (SSSR count). The summed E-state index contributed by atoms with van der Waals surface area (Å²) in [5.41, 5.74) is 4.98. The van der Waals surface area contributed by atoms with Gasteiger partial charge in [-0.1, -0.05) is 56.1 Å². The van der Waals surface area contributed by atoms with Crippen LogP contribution in [-0.2, 0) is 12.8 Å². The van der Waals surface area contributed by atoms with Gasteiger partial charge in [-0.05, 0) is 66.5 Å². The monoisotopic (exact) mass is 408 g/mol. The zero-order valence-corrected chi connectivity index (χ0v) is 15.1. The first-order valence-electron chi connectivity index (χ1n) is 7.26. The molecule has 0 heterocycles. The van der Waals surface area contributed by atoms with Crippen LogP contribution in [0.4, 0.5) is 0 Å². The van der Waals surface area contributed by atoms with E-state index in [0.717, 1.165) is 33.8 Å². The molecule has 0 saturated carbocycles. The second-order valence-corrected chi connectivity index (χ2v) is 7.55. The molecule has 2 atom stereocenters. The van der Waals surface area contributed by atoms with Crippen molar-refractivity contribution >= 4 is 31.9 Å². The molecule has 2 unspecified atom stereocenters. The highest BCUT2D eigenvalue weighted by Gasteiger charge is 2.27. The Morgan fingerprint density at radius 3 is 2.57 bits per heavy atom. The van der Waals surface area contributed by atoms with Crippen LogP contribution in [0.25, 0.3) is 0 Å². The first-order valence-corrected chi connectivity index (χ1v) is 8.85. The van der Waals surface area contributed by atoms with Gasteiger partial charge in [-0.25, -0.2) is 0 Å². The van der Waals surface area contributed by atoms with Crippen molar-refractivity contribution in [1.82, 2.24) is 0 Å².